The van der Waals surface area contributed by atoms with E-state index in [1.54, 1.807) is 0 Å². The van der Waals surface area contributed by atoms with Crippen molar-refractivity contribution < 1.29 is 0 Å². The standard InChI is InChI=1S/C25H21ClP2S2/c26-25(27(29,21-13-5-1-6-14-21)22-15-7-2-8-16-22)28(30,23-17-9-3-10-18-23)24-19-11-4-12-20-24/h1-20,25H. The fourth-order valence-electron chi connectivity index (χ4n) is 3.62. The maximum absolute atomic E-state index is 7.52. The summed E-state index contributed by atoms with van der Waals surface area (Å²) in [6.07, 6.45) is 0. The quantitative estimate of drug-likeness (QED) is 0.253. The van der Waals surface area contributed by atoms with Crippen molar-refractivity contribution in [2.45, 2.75) is 4.86 Å². The molecule has 0 fully saturated rings. The van der Waals surface area contributed by atoms with Crippen molar-refractivity contribution in [3.8, 4) is 0 Å². The highest BCUT2D eigenvalue weighted by Gasteiger charge is 2.42. The molecule has 0 aliphatic heterocycles. The molecular weight excluding hydrogens is 462 g/mol. The topological polar surface area (TPSA) is 0 Å². The van der Waals surface area contributed by atoms with Crippen molar-refractivity contribution >= 4 is 68.5 Å². The Kier molecular flexibility index (Phi) is 6.73. The van der Waals surface area contributed by atoms with Crippen LogP contribution in [0.15, 0.2) is 121 Å². The van der Waals surface area contributed by atoms with Crippen LogP contribution in [0.25, 0.3) is 0 Å². The van der Waals surface area contributed by atoms with E-state index >= 15 is 0 Å². The van der Waals surface area contributed by atoms with Crippen LogP contribution in [-0.2, 0) is 23.6 Å². The van der Waals surface area contributed by atoms with Gasteiger partial charge in [-0.2, -0.15) is 0 Å². The Morgan fingerprint density at radius 3 is 0.833 bits per heavy atom. The van der Waals surface area contributed by atoms with Crippen LogP contribution in [0.2, 0.25) is 0 Å². The predicted molar refractivity (Wildman–Crippen MR) is 143 cm³/mol. The largest absolute Gasteiger partial charge is 0.110 e. The van der Waals surface area contributed by atoms with E-state index in [0.29, 0.717) is 0 Å². The Morgan fingerprint density at radius 1 is 0.433 bits per heavy atom. The monoisotopic (exact) mass is 482 g/mol. The zero-order valence-electron chi connectivity index (χ0n) is 16.2. The van der Waals surface area contributed by atoms with Crippen molar-refractivity contribution in [1.29, 1.82) is 0 Å². The second-order valence-corrected chi connectivity index (χ2v) is 17.6. The zero-order valence-corrected chi connectivity index (χ0v) is 20.4. The Bertz CT molecular complexity index is 1010. The summed E-state index contributed by atoms with van der Waals surface area (Å²) < 4.78 is 0. The summed E-state index contributed by atoms with van der Waals surface area (Å²) in [7, 11) is 0. The summed E-state index contributed by atoms with van der Waals surface area (Å²) >= 11 is 20.6. The molecule has 0 saturated carbocycles. The number of alkyl halides is 1. The van der Waals surface area contributed by atoms with Crippen molar-refractivity contribution in [3.63, 3.8) is 0 Å². The van der Waals surface area contributed by atoms with Gasteiger partial charge in [0, 0.05) is 12.1 Å². The molecular formula is C25H21ClP2S2. The van der Waals surface area contributed by atoms with Gasteiger partial charge in [-0.25, -0.2) is 0 Å². The lowest BCUT2D eigenvalue weighted by Gasteiger charge is -2.37. The number of benzene rings is 4. The fourth-order valence-corrected chi connectivity index (χ4v) is 17.0. The van der Waals surface area contributed by atoms with E-state index in [4.69, 9.17) is 35.2 Å². The first-order chi connectivity index (χ1) is 14.6. The highest BCUT2D eigenvalue weighted by molar-refractivity contribution is 8.33. The number of halogens is 1. The molecule has 0 aromatic heterocycles. The maximum Gasteiger partial charge on any atom is 0.106 e. The van der Waals surface area contributed by atoms with Crippen molar-refractivity contribution in [3.05, 3.63) is 121 Å². The molecule has 5 heteroatoms. The van der Waals surface area contributed by atoms with Gasteiger partial charge in [0.15, 0.2) is 0 Å². The van der Waals surface area contributed by atoms with Gasteiger partial charge in [0.05, 0.1) is 0 Å². The van der Waals surface area contributed by atoms with Crippen LogP contribution >= 0.6 is 23.7 Å². The molecule has 0 radical (unpaired) electrons. The van der Waals surface area contributed by atoms with Crippen molar-refractivity contribution in [2.24, 2.45) is 0 Å². The van der Waals surface area contributed by atoms with Gasteiger partial charge in [0.25, 0.3) is 0 Å². The summed E-state index contributed by atoms with van der Waals surface area (Å²) in [5.74, 6) is 0. The molecule has 0 atom stereocenters. The minimum Gasteiger partial charge on any atom is -0.110 e. The van der Waals surface area contributed by atoms with E-state index in [1.807, 2.05) is 72.8 Å². The Labute approximate surface area is 194 Å². The van der Waals surface area contributed by atoms with E-state index in [2.05, 4.69) is 48.5 Å². The van der Waals surface area contributed by atoms with Gasteiger partial charge < -0.3 is 0 Å². The molecule has 0 bridgehead atoms. The van der Waals surface area contributed by atoms with Gasteiger partial charge in [0.2, 0.25) is 0 Å². The Balaban J connectivity index is 2.01. The smallest absolute Gasteiger partial charge is 0.106 e. The van der Waals surface area contributed by atoms with E-state index in [9.17, 15) is 0 Å². The summed E-state index contributed by atoms with van der Waals surface area (Å²) in [5.41, 5.74) is 0. The molecule has 0 spiro atoms. The number of rotatable bonds is 6. The molecule has 0 aliphatic rings. The molecule has 4 rings (SSSR count). The fraction of sp³-hybridized carbons (Fsp3) is 0.0400. The second kappa shape index (κ2) is 9.31. The number of hydrogen-bond acceptors (Lipinski definition) is 2. The van der Waals surface area contributed by atoms with Gasteiger partial charge in [-0.15, -0.1) is 11.6 Å². The SMILES string of the molecule is S=P(c1ccccc1)(c1ccccc1)C(Cl)P(=S)(c1ccccc1)c1ccccc1. The molecule has 0 nitrogen and oxygen atoms in total. The first-order valence-corrected chi connectivity index (χ1v) is 15.8. The molecule has 0 unspecified atom stereocenters. The highest BCUT2D eigenvalue weighted by atomic mass is 35.5. The van der Waals surface area contributed by atoms with Crippen molar-refractivity contribution in [1.82, 2.24) is 0 Å². The van der Waals surface area contributed by atoms with E-state index < -0.39 is 12.1 Å². The van der Waals surface area contributed by atoms with Crippen LogP contribution in [0.4, 0.5) is 0 Å². The van der Waals surface area contributed by atoms with E-state index in [1.165, 1.54) is 0 Å². The second-order valence-electron chi connectivity index (χ2n) is 6.97. The molecule has 0 aliphatic carbocycles. The summed E-state index contributed by atoms with van der Waals surface area (Å²) in [4.78, 5) is -0.385. The van der Waals surface area contributed by atoms with E-state index in [-0.39, 0.29) is 4.86 Å². The highest BCUT2D eigenvalue weighted by Crippen LogP contribution is 2.68. The lowest BCUT2D eigenvalue weighted by Crippen LogP contribution is -2.29. The van der Waals surface area contributed by atoms with Gasteiger partial charge in [0.1, 0.15) is 4.86 Å². The van der Waals surface area contributed by atoms with Crippen LogP contribution in [0.3, 0.4) is 0 Å². The summed E-state index contributed by atoms with van der Waals surface area (Å²) in [6.45, 7) is 0. The molecule has 0 saturated heterocycles. The normalized spacial score (nSPS) is 12.1. The lowest BCUT2D eigenvalue weighted by atomic mass is 10.4. The van der Waals surface area contributed by atoms with Gasteiger partial charge in [-0.1, -0.05) is 145 Å². The third-order valence-corrected chi connectivity index (χ3v) is 19.9. The Hall–Kier alpha value is -1.53. The summed E-state index contributed by atoms with van der Waals surface area (Å²) in [5, 5.41) is 4.42. The predicted octanol–water partition coefficient (Wildman–Crippen LogP) is 5.77. The van der Waals surface area contributed by atoms with Gasteiger partial charge in [-0.3, -0.25) is 0 Å². The average molecular weight is 483 g/mol. The van der Waals surface area contributed by atoms with Crippen LogP contribution < -0.4 is 21.2 Å². The zero-order chi connectivity index (χ0) is 21.0. The van der Waals surface area contributed by atoms with Gasteiger partial charge in [-0.05, 0) is 21.2 Å². The minimum atomic E-state index is -2.42. The third-order valence-electron chi connectivity index (χ3n) is 5.16. The molecule has 4 aromatic rings. The first-order valence-electron chi connectivity index (χ1n) is 9.64. The van der Waals surface area contributed by atoms with Crippen LogP contribution in [-0.4, -0.2) is 4.86 Å². The third kappa shape index (κ3) is 3.89. The Morgan fingerprint density at radius 2 is 0.633 bits per heavy atom. The van der Waals surface area contributed by atoms with Crippen molar-refractivity contribution in [2.75, 3.05) is 0 Å². The molecule has 0 amide bonds. The van der Waals surface area contributed by atoms with Crippen LogP contribution in [0.5, 0.6) is 0 Å². The van der Waals surface area contributed by atoms with Crippen LogP contribution in [0, 0.1) is 0 Å². The molecule has 150 valence electrons. The molecule has 0 N–H and O–H groups in total. The maximum atomic E-state index is 7.52. The molecule has 4 aromatic carbocycles. The van der Waals surface area contributed by atoms with E-state index in [0.717, 1.165) is 21.2 Å². The average Bonchev–Trinajstić information content (AvgIpc) is 2.84. The lowest BCUT2D eigenvalue weighted by molar-refractivity contribution is 1.70. The van der Waals surface area contributed by atoms with Crippen LogP contribution in [0.1, 0.15) is 0 Å². The minimum absolute atomic E-state index is 0.385. The molecule has 30 heavy (non-hydrogen) atoms. The number of hydrogen-bond donors (Lipinski definition) is 0. The molecule has 0 heterocycles. The van der Waals surface area contributed by atoms with Gasteiger partial charge >= 0.3 is 0 Å². The first kappa shape index (κ1) is 21.7. The summed E-state index contributed by atoms with van der Waals surface area (Å²) in [6, 6.07) is 36.4.